The first kappa shape index (κ1) is 21.8. The molecule has 5 rings (SSSR count). The number of hydrogen-bond acceptors (Lipinski definition) is 8. The van der Waals surface area contributed by atoms with Crippen molar-refractivity contribution >= 4 is 35.2 Å². The molecule has 2 heterocycles. The molecule has 0 saturated carbocycles. The molecular formula is C23H19N5O5S. The number of benzene rings is 2. The molecule has 0 fully saturated rings. The van der Waals surface area contributed by atoms with Crippen LogP contribution in [0.1, 0.15) is 46.8 Å². The highest BCUT2D eigenvalue weighted by atomic mass is 32.2. The first-order chi connectivity index (χ1) is 16.4. The topological polar surface area (TPSA) is 140 Å². The summed E-state index contributed by atoms with van der Waals surface area (Å²) in [6, 6.07) is 12.2. The van der Waals surface area contributed by atoms with Crippen LogP contribution < -0.4 is 5.32 Å². The van der Waals surface area contributed by atoms with E-state index in [2.05, 4.69) is 15.4 Å². The van der Waals surface area contributed by atoms with Gasteiger partial charge < -0.3 is 10.4 Å². The molecule has 0 spiro atoms. The van der Waals surface area contributed by atoms with Gasteiger partial charge in [-0.15, -0.1) is 5.10 Å². The minimum absolute atomic E-state index is 0.0502. The van der Waals surface area contributed by atoms with E-state index in [9.17, 15) is 19.7 Å². The van der Waals surface area contributed by atoms with Gasteiger partial charge in [0, 0.05) is 29.5 Å². The van der Waals surface area contributed by atoms with Gasteiger partial charge in [0.1, 0.15) is 6.04 Å². The van der Waals surface area contributed by atoms with Gasteiger partial charge in [0.25, 0.3) is 5.69 Å². The fourth-order valence-corrected chi connectivity index (χ4v) is 5.05. The van der Waals surface area contributed by atoms with E-state index in [1.807, 2.05) is 0 Å². The molecule has 3 aromatic rings. The van der Waals surface area contributed by atoms with Crippen LogP contribution in [0.25, 0.3) is 0 Å². The summed E-state index contributed by atoms with van der Waals surface area (Å²) in [4.78, 5) is 39.8. The number of thioether (sulfide) groups is 1. The predicted molar refractivity (Wildman–Crippen MR) is 124 cm³/mol. The lowest BCUT2D eigenvalue weighted by atomic mass is 9.85. The number of fused-ring (bicyclic) bond motifs is 1. The van der Waals surface area contributed by atoms with Crippen LogP contribution in [0.5, 0.6) is 0 Å². The van der Waals surface area contributed by atoms with E-state index in [4.69, 9.17) is 5.11 Å². The van der Waals surface area contributed by atoms with Gasteiger partial charge >= 0.3 is 5.97 Å². The third-order valence-corrected chi connectivity index (χ3v) is 6.75. The van der Waals surface area contributed by atoms with Gasteiger partial charge in [-0.05, 0) is 36.6 Å². The molecule has 1 atom stereocenters. The number of nitro groups is 1. The Labute approximate surface area is 197 Å². The van der Waals surface area contributed by atoms with Crippen LogP contribution in [0.2, 0.25) is 0 Å². The number of carboxylic acids is 1. The molecule has 1 aliphatic heterocycles. The Balaban J connectivity index is 1.50. The van der Waals surface area contributed by atoms with Crippen molar-refractivity contribution in [1.29, 1.82) is 0 Å². The number of hydrogen-bond donors (Lipinski definition) is 2. The van der Waals surface area contributed by atoms with Gasteiger partial charge in [-0.25, -0.2) is 9.48 Å². The number of nitrogens with one attached hydrogen (secondary N) is 1. The van der Waals surface area contributed by atoms with Crippen molar-refractivity contribution in [2.24, 2.45) is 0 Å². The van der Waals surface area contributed by atoms with E-state index in [-0.39, 0.29) is 17.0 Å². The second kappa shape index (κ2) is 8.75. The molecule has 172 valence electrons. The second-order valence-electron chi connectivity index (χ2n) is 7.97. The minimum Gasteiger partial charge on any atom is -0.478 e. The Kier molecular flexibility index (Phi) is 5.62. The molecule has 2 N–H and O–H groups in total. The average Bonchev–Trinajstić information content (AvgIpc) is 3.24. The zero-order chi connectivity index (χ0) is 23.8. The maximum absolute atomic E-state index is 12.9. The standard InChI is InChI=1S/C23H19N5O5S/c29-18-7-3-5-16-19(18)20(15-4-1-2-6-17(15)28(32)33)27-22(24-16)25-23(26-27)34-12-13-8-10-14(11-9-13)21(30)31/h1-2,4,6,8-11,20H,3,5,7,12H2,(H,30,31)(H,24,25,26). The van der Waals surface area contributed by atoms with E-state index in [1.165, 1.54) is 17.8 Å². The summed E-state index contributed by atoms with van der Waals surface area (Å²) in [7, 11) is 0. The predicted octanol–water partition coefficient (Wildman–Crippen LogP) is 4.20. The first-order valence-corrected chi connectivity index (χ1v) is 11.6. The Hall–Kier alpha value is -3.99. The van der Waals surface area contributed by atoms with Crippen molar-refractivity contribution in [2.45, 2.75) is 36.2 Å². The van der Waals surface area contributed by atoms with Crippen LogP contribution in [-0.2, 0) is 10.5 Å². The Bertz CT molecular complexity index is 1350. The van der Waals surface area contributed by atoms with E-state index in [0.29, 0.717) is 47.3 Å². The van der Waals surface area contributed by atoms with Crippen molar-refractivity contribution in [1.82, 2.24) is 14.8 Å². The van der Waals surface area contributed by atoms with Crippen LogP contribution in [0.15, 0.2) is 65.0 Å². The third-order valence-electron chi connectivity index (χ3n) is 5.85. The number of carboxylic acid groups (broad SMARTS) is 1. The summed E-state index contributed by atoms with van der Waals surface area (Å²) in [5, 5.41) is 29.1. The number of Topliss-reactive ketones (excluding diaryl/α,β-unsaturated/α-hetero) is 1. The highest BCUT2D eigenvalue weighted by Gasteiger charge is 2.39. The third kappa shape index (κ3) is 3.94. The number of nitro benzene ring substituents is 1. The van der Waals surface area contributed by atoms with Crippen LogP contribution in [0, 0.1) is 10.1 Å². The van der Waals surface area contributed by atoms with Crippen LogP contribution >= 0.6 is 11.8 Å². The minimum atomic E-state index is -0.985. The number of rotatable bonds is 6. The summed E-state index contributed by atoms with van der Waals surface area (Å²) < 4.78 is 1.56. The maximum atomic E-state index is 12.9. The van der Waals surface area contributed by atoms with Gasteiger partial charge in [-0.3, -0.25) is 14.9 Å². The number of ketones is 1. The summed E-state index contributed by atoms with van der Waals surface area (Å²) in [5.74, 6) is -0.0992. The van der Waals surface area contributed by atoms with E-state index in [0.717, 1.165) is 11.3 Å². The first-order valence-electron chi connectivity index (χ1n) is 10.6. The van der Waals surface area contributed by atoms with Crippen molar-refractivity contribution in [2.75, 3.05) is 5.32 Å². The highest BCUT2D eigenvalue weighted by molar-refractivity contribution is 7.98. The number of para-hydroxylation sites is 1. The molecule has 11 heteroatoms. The molecular weight excluding hydrogens is 458 g/mol. The number of carbonyl (C=O) groups excluding carboxylic acids is 1. The molecule has 1 unspecified atom stereocenters. The summed E-state index contributed by atoms with van der Waals surface area (Å²) in [6.07, 6.45) is 1.75. The smallest absolute Gasteiger partial charge is 0.335 e. The number of aromatic nitrogens is 3. The molecule has 1 aliphatic carbocycles. The molecule has 2 aliphatic rings. The van der Waals surface area contributed by atoms with Crippen molar-refractivity contribution in [3.8, 4) is 0 Å². The zero-order valence-electron chi connectivity index (χ0n) is 17.8. The number of allylic oxidation sites excluding steroid dienone is 2. The summed E-state index contributed by atoms with van der Waals surface area (Å²) >= 11 is 1.36. The lowest BCUT2D eigenvalue weighted by Gasteiger charge is -2.31. The van der Waals surface area contributed by atoms with Gasteiger partial charge in [-0.1, -0.05) is 36.0 Å². The maximum Gasteiger partial charge on any atom is 0.335 e. The lowest BCUT2D eigenvalue weighted by Crippen LogP contribution is -2.31. The lowest BCUT2D eigenvalue weighted by molar-refractivity contribution is -0.385. The normalized spacial score (nSPS) is 17.1. The second-order valence-corrected chi connectivity index (χ2v) is 8.91. The van der Waals surface area contributed by atoms with Crippen molar-refractivity contribution < 1.29 is 19.6 Å². The summed E-state index contributed by atoms with van der Waals surface area (Å²) in [5.41, 5.74) is 2.66. The van der Waals surface area contributed by atoms with Crippen LogP contribution in [-0.4, -0.2) is 36.5 Å². The van der Waals surface area contributed by atoms with Gasteiger partial charge in [0.05, 0.1) is 16.1 Å². The number of nitrogens with zero attached hydrogens (tertiary/aromatic N) is 4. The van der Waals surface area contributed by atoms with E-state index < -0.39 is 16.9 Å². The van der Waals surface area contributed by atoms with Gasteiger partial charge in [0.2, 0.25) is 11.1 Å². The SMILES string of the molecule is O=C1CCCC2=C1C(c1ccccc1[N+](=O)[O-])n1nc(SCc3ccc(C(=O)O)cc3)nc1N2. The van der Waals surface area contributed by atoms with Crippen LogP contribution in [0.3, 0.4) is 0 Å². The zero-order valence-corrected chi connectivity index (χ0v) is 18.6. The molecule has 34 heavy (non-hydrogen) atoms. The number of carbonyl (C=O) groups is 2. The Morgan fingerprint density at radius 3 is 2.71 bits per heavy atom. The fraction of sp³-hybridized carbons (Fsp3) is 0.217. The quantitative estimate of drug-likeness (QED) is 0.303. The fourth-order valence-electron chi connectivity index (χ4n) is 4.26. The number of anilines is 1. The molecule has 2 aromatic carbocycles. The highest BCUT2D eigenvalue weighted by Crippen LogP contribution is 2.43. The van der Waals surface area contributed by atoms with Gasteiger partial charge in [0.15, 0.2) is 5.78 Å². The average molecular weight is 478 g/mol. The van der Waals surface area contributed by atoms with Crippen LogP contribution in [0.4, 0.5) is 11.6 Å². The molecule has 0 radical (unpaired) electrons. The van der Waals surface area contributed by atoms with E-state index in [1.54, 1.807) is 47.1 Å². The molecule has 1 aromatic heterocycles. The number of aromatic carboxylic acids is 1. The Morgan fingerprint density at radius 2 is 1.97 bits per heavy atom. The monoisotopic (exact) mass is 477 g/mol. The van der Waals surface area contributed by atoms with Gasteiger partial charge in [-0.2, -0.15) is 4.98 Å². The molecule has 10 nitrogen and oxygen atoms in total. The molecule has 0 saturated heterocycles. The molecule has 0 bridgehead atoms. The Morgan fingerprint density at radius 1 is 1.21 bits per heavy atom. The summed E-state index contributed by atoms with van der Waals surface area (Å²) in [6.45, 7) is 0. The van der Waals surface area contributed by atoms with E-state index >= 15 is 0 Å². The van der Waals surface area contributed by atoms with Crippen molar-refractivity contribution in [3.05, 3.63) is 86.6 Å². The van der Waals surface area contributed by atoms with Crippen molar-refractivity contribution in [3.63, 3.8) is 0 Å². The molecule has 0 amide bonds. The largest absolute Gasteiger partial charge is 0.478 e.